The zero-order valence-corrected chi connectivity index (χ0v) is 17.8. The summed E-state index contributed by atoms with van der Waals surface area (Å²) in [5.74, 6) is 0.0441. The first-order valence-corrected chi connectivity index (χ1v) is 10.7. The molecule has 3 fully saturated rings. The molecule has 0 bridgehead atoms. The fourth-order valence-electron chi connectivity index (χ4n) is 4.30. The number of aromatic nitrogens is 7. The van der Waals surface area contributed by atoms with Crippen molar-refractivity contribution in [2.24, 2.45) is 0 Å². The van der Waals surface area contributed by atoms with Gasteiger partial charge in [0.1, 0.15) is 23.8 Å². The van der Waals surface area contributed by atoms with Crippen LogP contribution in [0.1, 0.15) is 43.6 Å². The molecule has 6 rings (SSSR count). The Labute approximate surface area is 185 Å². The van der Waals surface area contributed by atoms with Gasteiger partial charge in [0.2, 0.25) is 5.28 Å². The van der Waals surface area contributed by atoms with Gasteiger partial charge in [-0.15, -0.1) is 5.10 Å². The maximum atomic E-state index is 11.9. The predicted molar refractivity (Wildman–Crippen MR) is 106 cm³/mol. The molecular formula is C18H17Cl2N7O4. The summed E-state index contributed by atoms with van der Waals surface area (Å²) >= 11 is 12.1. The summed E-state index contributed by atoms with van der Waals surface area (Å²) in [6, 6.07) is -0.204. The lowest BCUT2D eigenvalue weighted by atomic mass is 10.1. The molecule has 2 aliphatic heterocycles. The van der Waals surface area contributed by atoms with Gasteiger partial charge in [0, 0.05) is 19.0 Å². The van der Waals surface area contributed by atoms with Gasteiger partial charge in [0.25, 0.3) is 0 Å². The third-order valence-corrected chi connectivity index (χ3v) is 6.29. The van der Waals surface area contributed by atoms with E-state index < -0.39 is 30.5 Å². The summed E-state index contributed by atoms with van der Waals surface area (Å²) in [6.45, 7) is 1.72. The number of hydrogen-bond acceptors (Lipinski definition) is 9. The van der Waals surface area contributed by atoms with Crippen LogP contribution in [-0.2, 0) is 19.0 Å². The van der Waals surface area contributed by atoms with E-state index >= 15 is 0 Å². The first kappa shape index (κ1) is 19.4. The summed E-state index contributed by atoms with van der Waals surface area (Å²) < 4.78 is 21.4. The van der Waals surface area contributed by atoms with Crippen LogP contribution in [0.5, 0.6) is 0 Å². The highest BCUT2D eigenvalue weighted by Crippen LogP contribution is 2.44. The number of carbonyl (C=O) groups is 1. The van der Waals surface area contributed by atoms with Crippen LogP contribution in [0.2, 0.25) is 10.4 Å². The van der Waals surface area contributed by atoms with Gasteiger partial charge in [-0.1, -0.05) is 16.8 Å². The van der Waals surface area contributed by atoms with Crippen molar-refractivity contribution in [1.29, 1.82) is 0 Å². The van der Waals surface area contributed by atoms with Crippen molar-refractivity contribution in [3.8, 4) is 0 Å². The van der Waals surface area contributed by atoms with E-state index in [2.05, 4.69) is 25.3 Å². The van der Waals surface area contributed by atoms with E-state index in [1.54, 1.807) is 9.25 Å². The molecule has 31 heavy (non-hydrogen) atoms. The van der Waals surface area contributed by atoms with Gasteiger partial charge in [-0.25, -0.2) is 14.6 Å². The molecule has 3 aromatic rings. The summed E-state index contributed by atoms with van der Waals surface area (Å²) in [5.41, 5.74) is 1.73. The minimum absolute atomic E-state index is 0.0224. The SMILES string of the molecule is CC(=O)O[C@@H]1C2OC[C@H](n3cc(C4CC4)nn3)C2O[C@H]1n1cnc2c(Cl)nc(Cl)nc21. The zero-order chi connectivity index (χ0) is 21.3. The molecule has 0 spiro atoms. The fraction of sp³-hybridized carbons (Fsp3) is 0.556. The Morgan fingerprint density at radius 2 is 2.10 bits per heavy atom. The quantitative estimate of drug-likeness (QED) is 0.323. The lowest BCUT2D eigenvalue weighted by Crippen LogP contribution is -2.35. The van der Waals surface area contributed by atoms with Gasteiger partial charge in [-0.05, 0) is 24.4 Å². The van der Waals surface area contributed by atoms with Crippen LogP contribution in [0.4, 0.5) is 0 Å². The molecule has 0 radical (unpaired) electrons. The first-order chi connectivity index (χ1) is 15.0. The number of fused-ring (bicyclic) bond motifs is 2. The van der Waals surface area contributed by atoms with Gasteiger partial charge in [-0.2, -0.15) is 4.98 Å². The zero-order valence-electron chi connectivity index (χ0n) is 16.3. The van der Waals surface area contributed by atoms with Crippen LogP contribution < -0.4 is 0 Å². The van der Waals surface area contributed by atoms with Gasteiger partial charge in [0.05, 0.1) is 18.6 Å². The van der Waals surface area contributed by atoms with E-state index in [0.29, 0.717) is 23.7 Å². The summed E-state index contributed by atoms with van der Waals surface area (Å²) in [4.78, 5) is 24.3. The van der Waals surface area contributed by atoms with Crippen LogP contribution in [0.3, 0.4) is 0 Å². The fourth-order valence-corrected chi connectivity index (χ4v) is 4.72. The number of esters is 1. The van der Waals surface area contributed by atoms with E-state index in [9.17, 15) is 4.79 Å². The highest BCUT2D eigenvalue weighted by Gasteiger charge is 2.56. The molecule has 162 valence electrons. The lowest BCUT2D eigenvalue weighted by molar-refractivity contribution is -0.158. The Kier molecular flexibility index (Phi) is 4.43. The predicted octanol–water partition coefficient (Wildman–Crippen LogP) is 2.07. The number of carbonyl (C=O) groups excluding carboxylic acids is 1. The number of halogens is 2. The van der Waals surface area contributed by atoms with E-state index in [-0.39, 0.29) is 16.5 Å². The van der Waals surface area contributed by atoms with Gasteiger partial charge < -0.3 is 14.2 Å². The average Bonchev–Trinajstić information content (AvgIpc) is 3.07. The Hall–Kier alpha value is -2.34. The van der Waals surface area contributed by atoms with Crippen molar-refractivity contribution in [2.75, 3.05) is 6.61 Å². The second kappa shape index (κ2) is 7.09. The van der Waals surface area contributed by atoms with Crippen molar-refractivity contribution in [3.05, 3.63) is 28.7 Å². The number of imidazole rings is 1. The number of rotatable bonds is 4. The lowest BCUT2D eigenvalue weighted by Gasteiger charge is -2.23. The minimum Gasteiger partial charge on any atom is -0.455 e. The van der Waals surface area contributed by atoms with E-state index in [1.807, 2.05) is 6.20 Å². The third-order valence-electron chi connectivity index (χ3n) is 5.86. The largest absolute Gasteiger partial charge is 0.455 e. The monoisotopic (exact) mass is 465 g/mol. The van der Waals surface area contributed by atoms with Crippen molar-refractivity contribution in [3.63, 3.8) is 0 Å². The molecule has 0 N–H and O–H groups in total. The van der Waals surface area contributed by atoms with Crippen LogP contribution >= 0.6 is 23.2 Å². The van der Waals surface area contributed by atoms with Crippen LogP contribution in [0.25, 0.3) is 11.2 Å². The van der Waals surface area contributed by atoms with Crippen molar-refractivity contribution in [2.45, 2.75) is 56.3 Å². The molecule has 2 saturated heterocycles. The summed E-state index contributed by atoms with van der Waals surface area (Å²) in [6.07, 6.45) is 3.39. The summed E-state index contributed by atoms with van der Waals surface area (Å²) in [7, 11) is 0. The average molecular weight is 466 g/mol. The van der Waals surface area contributed by atoms with Gasteiger partial charge in [0.15, 0.2) is 23.1 Å². The first-order valence-electron chi connectivity index (χ1n) is 9.91. The molecule has 1 aliphatic carbocycles. The molecule has 0 amide bonds. The van der Waals surface area contributed by atoms with E-state index in [0.717, 1.165) is 18.5 Å². The maximum absolute atomic E-state index is 11.9. The van der Waals surface area contributed by atoms with Gasteiger partial charge >= 0.3 is 5.97 Å². The van der Waals surface area contributed by atoms with Gasteiger partial charge in [-0.3, -0.25) is 9.36 Å². The molecule has 1 saturated carbocycles. The molecule has 3 aliphatic rings. The molecule has 11 nitrogen and oxygen atoms in total. The Bertz CT molecular complexity index is 1180. The Morgan fingerprint density at radius 3 is 2.87 bits per heavy atom. The molecule has 3 aromatic heterocycles. The highest BCUT2D eigenvalue weighted by atomic mass is 35.5. The normalized spacial score (nSPS) is 30.1. The Morgan fingerprint density at radius 1 is 1.26 bits per heavy atom. The van der Waals surface area contributed by atoms with E-state index in [4.69, 9.17) is 37.4 Å². The van der Waals surface area contributed by atoms with E-state index in [1.165, 1.54) is 13.3 Å². The molecule has 5 atom stereocenters. The second-order valence-electron chi connectivity index (χ2n) is 7.94. The number of nitrogens with zero attached hydrogens (tertiary/aromatic N) is 7. The number of hydrogen-bond donors (Lipinski definition) is 0. The van der Waals surface area contributed by atoms with Crippen LogP contribution in [0.15, 0.2) is 12.5 Å². The van der Waals surface area contributed by atoms with Crippen molar-refractivity contribution >= 4 is 40.3 Å². The molecule has 2 unspecified atom stereocenters. The maximum Gasteiger partial charge on any atom is 0.303 e. The third kappa shape index (κ3) is 3.18. The highest BCUT2D eigenvalue weighted by molar-refractivity contribution is 6.35. The Balaban J connectivity index is 1.36. The standard InChI is InChI=1S/C18H17Cl2N7O4/c1-7(28)30-14-13-12(10(5-29-13)27-4-9(24-25-27)8-2-3-8)31-17(14)26-6-21-11-15(19)22-18(20)23-16(11)26/h4,6,8,10,12-14,17H,2-3,5H2,1H3/t10-,12?,13?,14+,17+/m0/s1. The molecule has 5 heterocycles. The topological polar surface area (TPSA) is 119 Å². The number of ether oxygens (including phenoxy) is 3. The van der Waals surface area contributed by atoms with Crippen molar-refractivity contribution in [1.82, 2.24) is 34.5 Å². The smallest absolute Gasteiger partial charge is 0.303 e. The molecule has 13 heteroatoms. The van der Waals surface area contributed by atoms with Crippen LogP contribution in [0, 0.1) is 0 Å². The summed E-state index contributed by atoms with van der Waals surface area (Å²) in [5, 5.41) is 8.68. The second-order valence-corrected chi connectivity index (χ2v) is 8.63. The minimum atomic E-state index is -0.736. The van der Waals surface area contributed by atoms with Crippen LogP contribution in [-0.4, -0.2) is 65.4 Å². The molecular weight excluding hydrogens is 449 g/mol. The van der Waals surface area contributed by atoms with Crippen molar-refractivity contribution < 1.29 is 19.0 Å². The molecule has 0 aromatic carbocycles.